The van der Waals surface area contributed by atoms with Crippen molar-refractivity contribution in [2.75, 3.05) is 0 Å². The van der Waals surface area contributed by atoms with Crippen LogP contribution in [0.1, 0.15) is 18.1 Å². The zero-order valence-electron chi connectivity index (χ0n) is 9.58. The van der Waals surface area contributed by atoms with Crippen LogP contribution < -0.4 is 11.3 Å². The third-order valence-corrected chi connectivity index (χ3v) is 2.62. The predicted molar refractivity (Wildman–Crippen MR) is 66.7 cm³/mol. The standard InChI is InChI=1S/C13H16N2O/c1-8-3-4-12-10(5-8)7-11(6-9(2)14)13(16)15-12/h3-5,7,9H,6,14H2,1-2H3,(H,15,16). The quantitative estimate of drug-likeness (QED) is 0.803. The minimum absolute atomic E-state index is 0.00311. The Bertz CT molecular complexity index is 570. The molecule has 0 aliphatic rings. The Hall–Kier alpha value is -1.61. The molecular formula is C13H16N2O. The number of aryl methyl sites for hydroxylation is 1. The summed E-state index contributed by atoms with van der Waals surface area (Å²) in [7, 11) is 0. The number of fused-ring (bicyclic) bond motifs is 1. The Balaban J connectivity index is 2.60. The van der Waals surface area contributed by atoms with Gasteiger partial charge in [0, 0.05) is 17.1 Å². The lowest BCUT2D eigenvalue weighted by molar-refractivity contribution is 0.732. The van der Waals surface area contributed by atoms with Crippen LogP contribution in [-0.2, 0) is 6.42 Å². The van der Waals surface area contributed by atoms with Gasteiger partial charge in [-0.2, -0.15) is 0 Å². The van der Waals surface area contributed by atoms with Crippen molar-refractivity contribution in [3.8, 4) is 0 Å². The zero-order chi connectivity index (χ0) is 11.7. The fraction of sp³-hybridized carbons (Fsp3) is 0.308. The molecule has 0 bridgehead atoms. The van der Waals surface area contributed by atoms with Gasteiger partial charge in [-0.05, 0) is 43.9 Å². The van der Waals surface area contributed by atoms with Crippen molar-refractivity contribution in [2.24, 2.45) is 5.73 Å². The van der Waals surface area contributed by atoms with Gasteiger partial charge in [0.05, 0.1) is 0 Å². The fourth-order valence-electron chi connectivity index (χ4n) is 1.87. The highest BCUT2D eigenvalue weighted by molar-refractivity contribution is 5.79. The van der Waals surface area contributed by atoms with Gasteiger partial charge in [0.15, 0.2) is 0 Å². The summed E-state index contributed by atoms with van der Waals surface area (Å²) in [5.74, 6) is 0. The van der Waals surface area contributed by atoms with E-state index >= 15 is 0 Å². The van der Waals surface area contributed by atoms with Gasteiger partial charge in [0.2, 0.25) is 0 Å². The lowest BCUT2D eigenvalue weighted by Gasteiger charge is -2.06. The minimum Gasteiger partial charge on any atom is -0.328 e. The molecule has 1 unspecified atom stereocenters. The largest absolute Gasteiger partial charge is 0.328 e. The van der Waals surface area contributed by atoms with Crippen LogP contribution in [0.25, 0.3) is 10.9 Å². The van der Waals surface area contributed by atoms with Gasteiger partial charge >= 0.3 is 0 Å². The smallest absolute Gasteiger partial charge is 0.251 e. The lowest BCUT2D eigenvalue weighted by atomic mass is 10.1. The van der Waals surface area contributed by atoms with Crippen molar-refractivity contribution in [1.82, 2.24) is 4.98 Å². The second kappa shape index (κ2) is 4.10. The number of pyridine rings is 1. The van der Waals surface area contributed by atoms with Gasteiger partial charge < -0.3 is 10.7 Å². The predicted octanol–water partition coefficient (Wildman–Crippen LogP) is 1.73. The number of rotatable bonds is 2. The number of nitrogens with two attached hydrogens (primary N) is 1. The maximum absolute atomic E-state index is 11.7. The van der Waals surface area contributed by atoms with Crippen LogP contribution in [0.15, 0.2) is 29.1 Å². The number of H-pyrrole nitrogens is 1. The van der Waals surface area contributed by atoms with Crippen molar-refractivity contribution < 1.29 is 0 Å². The molecule has 3 heteroatoms. The van der Waals surface area contributed by atoms with Crippen LogP contribution in [0, 0.1) is 6.92 Å². The Labute approximate surface area is 94.3 Å². The third-order valence-electron chi connectivity index (χ3n) is 2.62. The van der Waals surface area contributed by atoms with Crippen LogP contribution >= 0.6 is 0 Å². The number of nitrogens with one attached hydrogen (secondary N) is 1. The lowest BCUT2D eigenvalue weighted by Crippen LogP contribution is -2.23. The van der Waals surface area contributed by atoms with E-state index in [-0.39, 0.29) is 11.6 Å². The van der Waals surface area contributed by atoms with Crippen molar-refractivity contribution in [1.29, 1.82) is 0 Å². The number of aromatic nitrogens is 1. The molecule has 0 saturated carbocycles. The highest BCUT2D eigenvalue weighted by Gasteiger charge is 2.05. The van der Waals surface area contributed by atoms with Crippen LogP contribution in [0.2, 0.25) is 0 Å². The maximum atomic E-state index is 11.7. The first kappa shape index (κ1) is 10.9. The third kappa shape index (κ3) is 2.14. The van der Waals surface area contributed by atoms with Gasteiger partial charge in [-0.1, -0.05) is 11.6 Å². The van der Waals surface area contributed by atoms with Crippen LogP contribution in [0.3, 0.4) is 0 Å². The minimum atomic E-state index is -0.0337. The molecule has 0 aliphatic heterocycles. The molecule has 2 rings (SSSR count). The molecule has 1 heterocycles. The van der Waals surface area contributed by atoms with Gasteiger partial charge in [-0.3, -0.25) is 4.79 Å². The van der Waals surface area contributed by atoms with Gasteiger partial charge in [0.25, 0.3) is 5.56 Å². The average Bonchev–Trinajstić information content (AvgIpc) is 2.19. The van der Waals surface area contributed by atoms with E-state index in [0.717, 1.165) is 16.5 Å². The molecule has 0 saturated heterocycles. The highest BCUT2D eigenvalue weighted by atomic mass is 16.1. The molecule has 1 atom stereocenters. The summed E-state index contributed by atoms with van der Waals surface area (Å²) in [6.45, 7) is 3.94. The summed E-state index contributed by atoms with van der Waals surface area (Å²) in [5, 5.41) is 1.07. The average molecular weight is 216 g/mol. The normalized spacial score (nSPS) is 12.9. The number of hydrogen-bond donors (Lipinski definition) is 2. The Kier molecular flexibility index (Phi) is 2.79. The molecule has 0 spiro atoms. The topological polar surface area (TPSA) is 58.9 Å². The van der Waals surface area contributed by atoms with E-state index < -0.39 is 0 Å². The van der Waals surface area contributed by atoms with Crippen molar-refractivity contribution in [3.05, 3.63) is 45.7 Å². The first-order valence-electron chi connectivity index (χ1n) is 5.44. The summed E-state index contributed by atoms with van der Waals surface area (Å²) in [4.78, 5) is 14.6. The molecule has 1 aromatic carbocycles. The van der Waals surface area contributed by atoms with E-state index in [0.29, 0.717) is 6.42 Å². The SMILES string of the molecule is Cc1ccc2[nH]c(=O)c(CC(C)N)cc2c1. The number of aromatic amines is 1. The van der Waals surface area contributed by atoms with Gasteiger partial charge in [0.1, 0.15) is 0 Å². The van der Waals surface area contributed by atoms with E-state index in [2.05, 4.69) is 11.1 Å². The second-order valence-electron chi connectivity index (χ2n) is 4.40. The van der Waals surface area contributed by atoms with Crippen LogP contribution in [0.5, 0.6) is 0 Å². The monoisotopic (exact) mass is 216 g/mol. The van der Waals surface area contributed by atoms with Crippen molar-refractivity contribution in [2.45, 2.75) is 26.3 Å². The molecule has 16 heavy (non-hydrogen) atoms. The summed E-state index contributed by atoms with van der Waals surface area (Å²) >= 11 is 0. The molecule has 84 valence electrons. The zero-order valence-corrected chi connectivity index (χ0v) is 9.58. The van der Waals surface area contributed by atoms with E-state index in [4.69, 9.17) is 5.73 Å². The molecule has 2 aromatic rings. The molecular weight excluding hydrogens is 200 g/mol. The summed E-state index contributed by atoms with van der Waals surface area (Å²) < 4.78 is 0. The molecule has 0 radical (unpaired) electrons. The first-order chi connectivity index (χ1) is 7.56. The Morgan fingerprint density at radius 2 is 2.12 bits per heavy atom. The van der Waals surface area contributed by atoms with Crippen LogP contribution in [0.4, 0.5) is 0 Å². The highest BCUT2D eigenvalue weighted by Crippen LogP contribution is 2.13. The van der Waals surface area contributed by atoms with Gasteiger partial charge in [-0.25, -0.2) is 0 Å². The summed E-state index contributed by atoms with van der Waals surface area (Å²) in [6, 6.07) is 7.93. The van der Waals surface area contributed by atoms with Crippen molar-refractivity contribution in [3.63, 3.8) is 0 Å². The molecule has 3 N–H and O–H groups in total. The number of benzene rings is 1. The van der Waals surface area contributed by atoms with Crippen LogP contribution in [-0.4, -0.2) is 11.0 Å². The molecule has 0 aliphatic carbocycles. The Morgan fingerprint density at radius 1 is 1.38 bits per heavy atom. The Morgan fingerprint density at radius 3 is 2.81 bits per heavy atom. The van der Waals surface area contributed by atoms with E-state index in [1.165, 1.54) is 5.56 Å². The summed E-state index contributed by atoms with van der Waals surface area (Å²) in [6.07, 6.45) is 0.610. The molecule has 1 aromatic heterocycles. The summed E-state index contributed by atoms with van der Waals surface area (Å²) in [5.41, 5.74) is 8.50. The van der Waals surface area contributed by atoms with E-state index in [1.54, 1.807) is 0 Å². The first-order valence-corrected chi connectivity index (χ1v) is 5.44. The maximum Gasteiger partial charge on any atom is 0.251 e. The van der Waals surface area contributed by atoms with Crippen molar-refractivity contribution >= 4 is 10.9 Å². The number of hydrogen-bond acceptors (Lipinski definition) is 2. The second-order valence-corrected chi connectivity index (χ2v) is 4.40. The molecule has 3 nitrogen and oxygen atoms in total. The molecule has 0 amide bonds. The van der Waals surface area contributed by atoms with E-state index in [9.17, 15) is 4.79 Å². The van der Waals surface area contributed by atoms with E-state index in [1.807, 2.05) is 32.0 Å². The van der Waals surface area contributed by atoms with Gasteiger partial charge in [-0.15, -0.1) is 0 Å². The fourth-order valence-corrected chi connectivity index (χ4v) is 1.87. The molecule has 0 fully saturated rings.